The van der Waals surface area contributed by atoms with E-state index in [0.717, 1.165) is 18.4 Å². The van der Waals surface area contributed by atoms with Crippen molar-refractivity contribution < 1.29 is 4.57 Å². The second-order valence-corrected chi connectivity index (χ2v) is 15.5. The van der Waals surface area contributed by atoms with Crippen LogP contribution in [0.1, 0.15) is 83.6 Å². The fraction of sp³-hybridized carbons (Fsp3) is 0.385. The predicted molar refractivity (Wildman–Crippen MR) is 180 cm³/mol. The maximum atomic E-state index is 4.93. The number of fused-ring (bicyclic) bond motifs is 7. The van der Waals surface area contributed by atoms with Crippen molar-refractivity contribution in [3.63, 3.8) is 0 Å². The highest BCUT2D eigenvalue weighted by molar-refractivity contribution is 6.28. The molecule has 42 heavy (non-hydrogen) atoms. The van der Waals surface area contributed by atoms with Crippen molar-refractivity contribution in [2.24, 2.45) is 17.9 Å². The summed E-state index contributed by atoms with van der Waals surface area (Å²) in [5.74, 6) is 0.462. The number of rotatable bonds is 3. The van der Waals surface area contributed by atoms with Crippen molar-refractivity contribution in [3.8, 4) is 0 Å². The third kappa shape index (κ3) is 4.00. The normalized spacial score (nSPS) is 13.4. The lowest BCUT2D eigenvalue weighted by atomic mass is 9.82. The summed E-state index contributed by atoms with van der Waals surface area (Å²) in [6, 6.07) is 18.9. The fourth-order valence-corrected chi connectivity index (χ4v) is 7.45. The molecular formula is C39H44N3+. The van der Waals surface area contributed by atoms with Gasteiger partial charge in [0.2, 0.25) is 0 Å². The SMILES string of the molecule is Cc1c2cc(CC(C)(C)C)ccc2c(CC(C)(C)C)c2c1c1c3c(ccc4c5ccc(C(C)C)cc5n2c43)nc[n+]1C. The summed E-state index contributed by atoms with van der Waals surface area (Å²) in [6.45, 7) is 21.1. The molecule has 3 aromatic heterocycles. The number of aryl methyl sites for hydroxylation is 2. The molecule has 0 aliphatic heterocycles. The number of benzene rings is 4. The first kappa shape index (κ1) is 27.1. The molecule has 7 rings (SSSR count). The first-order valence-corrected chi connectivity index (χ1v) is 15.6. The molecule has 4 aromatic carbocycles. The minimum absolute atomic E-state index is 0.123. The highest BCUT2D eigenvalue weighted by atomic mass is 15.0. The number of pyridine rings is 1. The number of hydrogen-bond acceptors (Lipinski definition) is 1. The Morgan fingerprint density at radius 2 is 1.45 bits per heavy atom. The maximum absolute atomic E-state index is 4.93. The molecule has 0 amide bonds. The van der Waals surface area contributed by atoms with Crippen molar-refractivity contribution in [3.05, 3.63) is 77.1 Å². The topological polar surface area (TPSA) is 21.2 Å². The summed E-state index contributed by atoms with van der Waals surface area (Å²) in [5, 5.41) is 8.03. The molecule has 3 heterocycles. The summed E-state index contributed by atoms with van der Waals surface area (Å²) in [7, 11) is 2.17. The lowest BCUT2D eigenvalue weighted by molar-refractivity contribution is -0.646. The Morgan fingerprint density at radius 1 is 0.762 bits per heavy atom. The van der Waals surface area contributed by atoms with E-state index < -0.39 is 0 Å². The van der Waals surface area contributed by atoms with Gasteiger partial charge in [-0.25, -0.2) is 4.57 Å². The molecule has 3 heteroatoms. The quantitative estimate of drug-likeness (QED) is 0.121. The van der Waals surface area contributed by atoms with Crippen LogP contribution >= 0.6 is 0 Å². The summed E-state index contributed by atoms with van der Waals surface area (Å²) in [6.07, 6.45) is 4.06. The van der Waals surface area contributed by atoms with Crippen molar-refractivity contribution in [2.75, 3.05) is 0 Å². The molecule has 0 aliphatic carbocycles. The van der Waals surface area contributed by atoms with Gasteiger partial charge in [0.05, 0.1) is 34.4 Å². The van der Waals surface area contributed by atoms with Crippen LogP contribution in [-0.4, -0.2) is 9.38 Å². The number of aromatic nitrogens is 3. The van der Waals surface area contributed by atoms with E-state index in [4.69, 9.17) is 4.98 Å². The van der Waals surface area contributed by atoms with Crippen LogP contribution in [0.3, 0.4) is 0 Å². The van der Waals surface area contributed by atoms with Gasteiger partial charge in [-0.3, -0.25) is 0 Å². The van der Waals surface area contributed by atoms with Gasteiger partial charge >= 0.3 is 0 Å². The minimum atomic E-state index is 0.123. The van der Waals surface area contributed by atoms with Gasteiger partial charge in [-0.15, -0.1) is 0 Å². The molecule has 0 N–H and O–H groups in total. The lowest BCUT2D eigenvalue weighted by Crippen LogP contribution is -2.30. The molecule has 7 aromatic rings. The number of nitrogens with zero attached hydrogens (tertiary/aromatic N) is 3. The second kappa shape index (κ2) is 8.89. The molecule has 0 fully saturated rings. The van der Waals surface area contributed by atoms with Crippen molar-refractivity contribution >= 4 is 59.9 Å². The molecule has 214 valence electrons. The highest BCUT2D eigenvalue weighted by Crippen LogP contribution is 2.45. The van der Waals surface area contributed by atoms with Crippen molar-refractivity contribution in [1.29, 1.82) is 0 Å². The van der Waals surface area contributed by atoms with Crippen LogP contribution in [-0.2, 0) is 19.9 Å². The van der Waals surface area contributed by atoms with Gasteiger partial charge in [-0.05, 0) is 92.7 Å². The third-order valence-corrected chi connectivity index (χ3v) is 9.17. The molecule has 0 saturated heterocycles. The van der Waals surface area contributed by atoms with Crippen LogP contribution in [0.25, 0.3) is 59.9 Å². The standard InChI is InChI=1S/C39H44N3/c1-22(2)25-12-14-27-28-15-16-31-34-35(28)42(32(27)18-25)36-30(20-39(7,8)9)26-13-11-24(19-38(4,5)6)17-29(26)23(3)33(36)37(34)41(10)21-40-31/h11-18,21-22H,19-20H2,1-10H3/q+1. The maximum Gasteiger partial charge on any atom is 0.287 e. The summed E-state index contributed by atoms with van der Waals surface area (Å²) >= 11 is 0. The van der Waals surface area contributed by atoms with Gasteiger partial charge < -0.3 is 4.40 Å². The molecule has 3 nitrogen and oxygen atoms in total. The monoisotopic (exact) mass is 554 g/mol. The van der Waals surface area contributed by atoms with Gasteiger partial charge in [0, 0.05) is 10.8 Å². The molecular weight excluding hydrogens is 510 g/mol. The van der Waals surface area contributed by atoms with Gasteiger partial charge in [0.15, 0.2) is 5.52 Å². The third-order valence-electron chi connectivity index (χ3n) is 9.17. The summed E-state index contributed by atoms with van der Waals surface area (Å²) < 4.78 is 4.89. The Hall–Kier alpha value is -3.72. The second-order valence-electron chi connectivity index (χ2n) is 15.5. The largest absolute Gasteiger partial charge is 0.307 e. The zero-order valence-corrected chi connectivity index (χ0v) is 27.0. The highest BCUT2D eigenvalue weighted by Gasteiger charge is 2.29. The minimum Gasteiger partial charge on any atom is -0.307 e. The van der Waals surface area contributed by atoms with E-state index in [0.29, 0.717) is 5.92 Å². The molecule has 0 aliphatic rings. The molecule has 0 unspecified atom stereocenters. The Morgan fingerprint density at radius 3 is 2.14 bits per heavy atom. The van der Waals surface area contributed by atoms with Gasteiger partial charge in [-0.1, -0.05) is 85.7 Å². The fourth-order valence-electron chi connectivity index (χ4n) is 7.45. The van der Waals surface area contributed by atoms with E-state index in [1.165, 1.54) is 76.6 Å². The van der Waals surface area contributed by atoms with E-state index >= 15 is 0 Å². The van der Waals surface area contributed by atoms with E-state index in [2.05, 4.69) is 127 Å². The Labute approximate surface area is 249 Å². The van der Waals surface area contributed by atoms with E-state index in [1.807, 2.05) is 6.33 Å². The lowest BCUT2D eigenvalue weighted by Gasteiger charge is -2.25. The van der Waals surface area contributed by atoms with Gasteiger partial charge in [0.25, 0.3) is 6.33 Å². The molecule has 0 spiro atoms. The van der Waals surface area contributed by atoms with Crippen molar-refractivity contribution in [1.82, 2.24) is 9.38 Å². The first-order chi connectivity index (χ1) is 19.7. The Bertz CT molecular complexity index is 2200. The molecule has 0 atom stereocenters. The van der Waals surface area contributed by atoms with Crippen LogP contribution in [0.2, 0.25) is 0 Å². The van der Waals surface area contributed by atoms with E-state index in [9.17, 15) is 0 Å². The van der Waals surface area contributed by atoms with Gasteiger partial charge in [0.1, 0.15) is 5.52 Å². The smallest absolute Gasteiger partial charge is 0.287 e. The Kier molecular flexibility index (Phi) is 5.75. The van der Waals surface area contributed by atoms with Crippen LogP contribution in [0, 0.1) is 17.8 Å². The van der Waals surface area contributed by atoms with Crippen LogP contribution in [0.5, 0.6) is 0 Å². The average molecular weight is 555 g/mol. The predicted octanol–water partition coefficient (Wildman–Crippen LogP) is 9.97. The zero-order chi connectivity index (χ0) is 29.9. The van der Waals surface area contributed by atoms with Crippen molar-refractivity contribution in [2.45, 2.75) is 81.1 Å². The molecule has 0 bridgehead atoms. The van der Waals surface area contributed by atoms with E-state index in [-0.39, 0.29) is 10.8 Å². The number of hydrogen-bond donors (Lipinski definition) is 0. The summed E-state index contributed by atoms with van der Waals surface area (Å²) in [4.78, 5) is 4.93. The average Bonchev–Trinajstić information content (AvgIpc) is 3.23. The Balaban J connectivity index is 1.82. The summed E-state index contributed by atoms with van der Waals surface area (Å²) in [5.41, 5.74) is 12.3. The van der Waals surface area contributed by atoms with Crippen LogP contribution < -0.4 is 4.57 Å². The first-order valence-electron chi connectivity index (χ1n) is 15.6. The molecule has 0 saturated carbocycles. The van der Waals surface area contributed by atoms with E-state index in [1.54, 1.807) is 0 Å². The van der Waals surface area contributed by atoms with Crippen LogP contribution in [0.4, 0.5) is 0 Å². The van der Waals surface area contributed by atoms with Gasteiger partial charge in [-0.2, -0.15) is 0 Å². The zero-order valence-electron chi connectivity index (χ0n) is 27.0. The van der Waals surface area contributed by atoms with Crippen LogP contribution in [0.15, 0.2) is 54.9 Å². The molecule has 0 radical (unpaired) electrons.